The fourth-order valence-electron chi connectivity index (χ4n) is 2.70. The zero-order valence-corrected chi connectivity index (χ0v) is 12.3. The molecule has 1 amide bonds. The number of hydrogen-bond donors (Lipinski definition) is 3. The second-order valence-electron chi connectivity index (χ2n) is 5.28. The van der Waals surface area contributed by atoms with Gasteiger partial charge >= 0.3 is 5.97 Å². The first-order chi connectivity index (χ1) is 9.50. The summed E-state index contributed by atoms with van der Waals surface area (Å²) >= 11 is 1.00. The van der Waals surface area contributed by atoms with Crippen LogP contribution in [0.15, 0.2) is 0 Å². The van der Waals surface area contributed by atoms with Crippen LogP contribution in [0.5, 0.6) is 0 Å². The zero-order valence-electron chi connectivity index (χ0n) is 11.4. The molecule has 1 saturated carbocycles. The van der Waals surface area contributed by atoms with Gasteiger partial charge < -0.3 is 16.2 Å². The molecule has 0 aromatic carbocycles. The summed E-state index contributed by atoms with van der Waals surface area (Å²) in [6.45, 7) is 1.91. The molecule has 0 bridgehead atoms. The minimum absolute atomic E-state index is 0.0753. The van der Waals surface area contributed by atoms with Crippen LogP contribution in [0.3, 0.4) is 0 Å². The Labute approximate surface area is 121 Å². The summed E-state index contributed by atoms with van der Waals surface area (Å²) in [5.74, 6) is -1.25. The molecule has 6 nitrogen and oxygen atoms in total. The number of carboxylic acid groups (broad SMARTS) is 1. The van der Waals surface area contributed by atoms with Gasteiger partial charge in [0.1, 0.15) is 10.6 Å². The third-order valence-corrected chi connectivity index (χ3v) is 4.84. The number of nitrogens with zero attached hydrogens (tertiary/aromatic N) is 1. The minimum Gasteiger partial charge on any atom is -0.478 e. The summed E-state index contributed by atoms with van der Waals surface area (Å²) in [4.78, 5) is 23.7. The van der Waals surface area contributed by atoms with Gasteiger partial charge in [-0.1, -0.05) is 19.3 Å². The highest BCUT2D eigenvalue weighted by Crippen LogP contribution is 2.37. The normalized spacial score (nSPS) is 17.7. The smallest absolute Gasteiger partial charge is 0.340 e. The molecule has 0 saturated heterocycles. The number of carboxylic acids is 1. The molecule has 110 valence electrons. The van der Waals surface area contributed by atoms with Gasteiger partial charge in [0.15, 0.2) is 0 Å². The van der Waals surface area contributed by atoms with Crippen molar-refractivity contribution in [2.45, 2.75) is 39.0 Å². The third kappa shape index (κ3) is 2.69. The molecule has 1 aliphatic carbocycles. The minimum atomic E-state index is -1.07. The van der Waals surface area contributed by atoms with Gasteiger partial charge in [0.2, 0.25) is 5.91 Å². The Bertz CT molecular complexity index is 521. The summed E-state index contributed by atoms with van der Waals surface area (Å²) < 4.78 is 4.00. The molecule has 1 heterocycles. The Balaban J connectivity index is 2.21. The van der Waals surface area contributed by atoms with Crippen molar-refractivity contribution >= 4 is 28.4 Å². The van der Waals surface area contributed by atoms with Crippen LogP contribution in [-0.2, 0) is 4.79 Å². The molecule has 0 unspecified atom stereocenters. The van der Waals surface area contributed by atoms with Crippen molar-refractivity contribution in [1.29, 1.82) is 0 Å². The molecular formula is C13H19N3O3S. The maximum atomic E-state index is 12.5. The lowest BCUT2D eigenvalue weighted by Crippen LogP contribution is -2.43. The zero-order chi connectivity index (χ0) is 14.8. The lowest BCUT2D eigenvalue weighted by molar-refractivity contribution is -0.126. The van der Waals surface area contributed by atoms with E-state index in [0.29, 0.717) is 17.2 Å². The summed E-state index contributed by atoms with van der Waals surface area (Å²) in [7, 11) is 0. The van der Waals surface area contributed by atoms with E-state index in [0.717, 1.165) is 43.6 Å². The lowest BCUT2D eigenvalue weighted by atomic mass is 9.73. The summed E-state index contributed by atoms with van der Waals surface area (Å²) in [6.07, 6.45) is 4.61. The van der Waals surface area contributed by atoms with E-state index >= 15 is 0 Å². The average molecular weight is 297 g/mol. The van der Waals surface area contributed by atoms with E-state index < -0.39 is 11.4 Å². The van der Waals surface area contributed by atoms with Crippen LogP contribution < -0.4 is 11.1 Å². The Morgan fingerprint density at radius 2 is 2.05 bits per heavy atom. The van der Waals surface area contributed by atoms with Crippen molar-refractivity contribution in [3.8, 4) is 0 Å². The summed E-state index contributed by atoms with van der Waals surface area (Å²) in [5.41, 5.74) is 5.74. The molecule has 7 heteroatoms. The van der Waals surface area contributed by atoms with Crippen LogP contribution in [0, 0.1) is 12.3 Å². The second kappa shape index (κ2) is 5.88. The van der Waals surface area contributed by atoms with E-state index in [-0.39, 0.29) is 11.5 Å². The van der Waals surface area contributed by atoms with Crippen molar-refractivity contribution in [3.05, 3.63) is 11.3 Å². The first-order valence-electron chi connectivity index (χ1n) is 6.71. The van der Waals surface area contributed by atoms with Gasteiger partial charge in [0, 0.05) is 6.54 Å². The van der Waals surface area contributed by atoms with Crippen LogP contribution in [0.4, 0.5) is 5.00 Å². The van der Waals surface area contributed by atoms with Crippen LogP contribution in [0.25, 0.3) is 0 Å². The van der Waals surface area contributed by atoms with Crippen molar-refractivity contribution < 1.29 is 14.7 Å². The molecule has 0 radical (unpaired) electrons. The summed E-state index contributed by atoms with van der Waals surface area (Å²) in [5, 5.41) is 12.2. The van der Waals surface area contributed by atoms with Gasteiger partial charge in [-0.05, 0) is 31.3 Å². The molecule has 1 fully saturated rings. The third-order valence-electron chi connectivity index (χ3n) is 3.99. The van der Waals surface area contributed by atoms with Crippen molar-refractivity contribution in [3.63, 3.8) is 0 Å². The Hall–Kier alpha value is -1.47. The molecule has 20 heavy (non-hydrogen) atoms. The number of nitrogens with two attached hydrogens (primary N) is 1. The number of aromatic carboxylic acids is 1. The molecule has 1 aromatic heterocycles. The molecule has 0 atom stereocenters. The Morgan fingerprint density at radius 1 is 1.40 bits per heavy atom. The van der Waals surface area contributed by atoms with Crippen molar-refractivity contribution in [2.24, 2.45) is 11.1 Å². The van der Waals surface area contributed by atoms with E-state index in [4.69, 9.17) is 5.73 Å². The number of hydrogen-bond acceptors (Lipinski definition) is 5. The quantitative estimate of drug-likeness (QED) is 0.788. The maximum Gasteiger partial charge on any atom is 0.340 e. The number of aromatic nitrogens is 1. The summed E-state index contributed by atoms with van der Waals surface area (Å²) in [6, 6.07) is 0. The van der Waals surface area contributed by atoms with E-state index in [9.17, 15) is 14.7 Å². The molecule has 0 spiro atoms. The van der Waals surface area contributed by atoms with Gasteiger partial charge in [-0.2, -0.15) is 4.37 Å². The van der Waals surface area contributed by atoms with Gasteiger partial charge in [0.05, 0.1) is 11.1 Å². The van der Waals surface area contributed by atoms with E-state index in [2.05, 4.69) is 9.69 Å². The molecule has 2 rings (SSSR count). The van der Waals surface area contributed by atoms with Crippen LogP contribution in [0.2, 0.25) is 0 Å². The SMILES string of the molecule is Cc1nsc(NC(=O)C2(CN)CCCCC2)c1C(=O)O. The van der Waals surface area contributed by atoms with Crippen LogP contribution >= 0.6 is 11.5 Å². The number of aryl methyl sites for hydroxylation is 1. The second-order valence-corrected chi connectivity index (χ2v) is 6.05. The number of carbonyl (C=O) groups is 2. The maximum absolute atomic E-state index is 12.5. The number of nitrogens with one attached hydrogen (secondary N) is 1. The highest BCUT2D eigenvalue weighted by molar-refractivity contribution is 7.11. The topological polar surface area (TPSA) is 105 Å². The van der Waals surface area contributed by atoms with E-state index in [1.54, 1.807) is 6.92 Å². The first-order valence-corrected chi connectivity index (χ1v) is 7.48. The van der Waals surface area contributed by atoms with E-state index in [1.807, 2.05) is 0 Å². The van der Waals surface area contributed by atoms with Gasteiger partial charge in [-0.3, -0.25) is 4.79 Å². The number of amides is 1. The number of anilines is 1. The molecule has 1 aliphatic rings. The van der Waals surface area contributed by atoms with Gasteiger partial charge in [0.25, 0.3) is 0 Å². The lowest BCUT2D eigenvalue weighted by Gasteiger charge is -2.34. The fourth-order valence-corrected chi connectivity index (χ4v) is 3.48. The average Bonchev–Trinajstić information content (AvgIpc) is 2.80. The van der Waals surface area contributed by atoms with Gasteiger partial charge in [-0.15, -0.1) is 0 Å². The van der Waals surface area contributed by atoms with Crippen molar-refractivity contribution in [2.75, 3.05) is 11.9 Å². The Kier molecular flexibility index (Phi) is 4.39. The van der Waals surface area contributed by atoms with Crippen LogP contribution in [-0.4, -0.2) is 27.9 Å². The largest absolute Gasteiger partial charge is 0.478 e. The highest BCUT2D eigenvalue weighted by Gasteiger charge is 2.39. The molecule has 1 aromatic rings. The predicted molar refractivity (Wildman–Crippen MR) is 77.0 cm³/mol. The van der Waals surface area contributed by atoms with E-state index in [1.165, 1.54) is 0 Å². The predicted octanol–water partition coefficient (Wildman–Crippen LogP) is 2.00. The number of carbonyl (C=O) groups excluding carboxylic acids is 1. The molecular weight excluding hydrogens is 278 g/mol. The standard InChI is InChI=1S/C13H19N3O3S/c1-8-9(11(17)18)10(20-16-8)15-12(19)13(7-14)5-3-2-4-6-13/h2-7,14H2,1H3,(H,15,19)(H,17,18). The van der Waals surface area contributed by atoms with Crippen LogP contribution in [0.1, 0.15) is 48.2 Å². The fraction of sp³-hybridized carbons (Fsp3) is 0.615. The highest BCUT2D eigenvalue weighted by atomic mass is 32.1. The monoisotopic (exact) mass is 297 g/mol. The molecule has 0 aliphatic heterocycles. The van der Waals surface area contributed by atoms with Crippen molar-refractivity contribution in [1.82, 2.24) is 4.37 Å². The number of rotatable bonds is 4. The van der Waals surface area contributed by atoms with Gasteiger partial charge in [-0.25, -0.2) is 4.79 Å². The Morgan fingerprint density at radius 3 is 2.60 bits per heavy atom. The molecule has 4 N–H and O–H groups in total. The first kappa shape index (κ1) is 14.9.